The minimum atomic E-state index is -0.334. The minimum absolute atomic E-state index is 0.0301. The highest BCUT2D eigenvalue weighted by Gasteiger charge is 2.00. The summed E-state index contributed by atoms with van der Waals surface area (Å²) >= 11 is 0. The first-order valence-corrected chi connectivity index (χ1v) is 4.93. The second-order valence-electron chi connectivity index (χ2n) is 3.31. The summed E-state index contributed by atoms with van der Waals surface area (Å²) in [5, 5.41) is 0. The van der Waals surface area contributed by atoms with Crippen LogP contribution in [-0.2, 0) is 20.7 Å². The van der Waals surface area contributed by atoms with E-state index in [2.05, 4.69) is 23.8 Å². The lowest BCUT2D eigenvalue weighted by atomic mass is 10.1. The van der Waals surface area contributed by atoms with E-state index in [1.807, 2.05) is 12.1 Å². The molecule has 0 aliphatic heterocycles. The first kappa shape index (κ1) is 11.7. The van der Waals surface area contributed by atoms with Crippen LogP contribution in [0, 0.1) is 6.92 Å². The van der Waals surface area contributed by atoms with Gasteiger partial charge in [0, 0.05) is 0 Å². The largest absolute Gasteiger partial charge is 0.467 e. The fraction of sp³-hybridized carbons (Fsp3) is 0.417. The molecule has 82 valence electrons. The Labute approximate surface area is 90.0 Å². The summed E-state index contributed by atoms with van der Waals surface area (Å²) in [6, 6.07) is 8.14. The number of carbonyl (C=O) groups is 1. The smallest absolute Gasteiger partial charge is 0.331 e. The molecule has 0 saturated heterocycles. The number of carbonyl (C=O) groups excluding carboxylic acids is 1. The van der Waals surface area contributed by atoms with Gasteiger partial charge in [-0.15, -0.1) is 0 Å². The van der Waals surface area contributed by atoms with Crippen molar-refractivity contribution in [1.29, 1.82) is 0 Å². The molecule has 0 spiro atoms. The molecule has 0 bridgehead atoms. The van der Waals surface area contributed by atoms with Gasteiger partial charge in [0.2, 0.25) is 0 Å². The number of methoxy groups -OCH3 is 1. The Morgan fingerprint density at radius 2 is 2.07 bits per heavy atom. The Hall–Kier alpha value is -1.35. The van der Waals surface area contributed by atoms with Crippen LogP contribution < -0.4 is 0 Å². The van der Waals surface area contributed by atoms with Crippen molar-refractivity contribution in [3.05, 3.63) is 35.4 Å². The van der Waals surface area contributed by atoms with E-state index in [-0.39, 0.29) is 12.6 Å². The van der Waals surface area contributed by atoms with Gasteiger partial charge in [0.15, 0.2) is 0 Å². The molecule has 0 N–H and O–H groups in total. The predicted molar refractivity (Wildman–Crippen MR) is 57.7 cm³/mol. The van der Waals surface area contributed by atoms with Gasteiger partial charge in [-0.25, -0.2) is 4.79 Å². The first-order chi connectivity index (χ1) is 7.24. The quantitative estimate of drug-likeness (QED) is 0.546. The van der Waals surface area contributed by atoms with Crippen LogP contribution in [0.3, 0.4) is 0 Å². The topological polar surface area (TPSA) is 35.5 Å². The molecule has 15 heavy (non-hydrogen) atoms. The summed E-state index contributed by atoms with van der Waals surface area (Å²) in [7, 11) is 1.35. The zero-order valence-corrected chi connectivity index (χ0v) is 9.16. The predicted octanol–water partition coefficient (Wildman–Crippen LogP) is 1.73. The number of benzene rings is 1. The van der Waals surface area contributed by atoms with Crippen LogP contribution in [0.1, 0.15) is 11.1 Å². The van der Waals surface area contributed by atoms with Crippen molar-refractivity contribution >= 4 is 5.97 Å². The zero-order valence-electron chi connectivity index (χ0n) is 9.16. The standard InChI is InChI=1S/C12H16O3/c1-10-5-3-4-6-11(10)7-8-15-9-12(13)14-2/h3-6H,7-9H2,1-2H3. The second kappa shape index (κ2) is 6.19. The molecular weight excluding hydrogens is 192 g/mol. The maximum Gasteiger partial charge on any atom is 0.331 e. The van der Waals surface area contributed by atoms with Crippen LogP contribution in [0.15, 0.2) is 24.3 Å². The van der Waals surface area contributed by atoms with Crippen LogP contribution >= 0.6 is 0 Å². The molecular formula is C12H16O3. The maximum absolute atomic E-state index is 10.7. The summed E-state index contributed by atoms with van der Waals surface area (Å²) < 4.78 is 9.63. The Balaban J connectivity index is 2.26. The molecule has 0 heterocycles. The van der Waals surface area contributed by atoms with Gasteiger partial charge in [0.05, 0.1) is 13.7 Å². The molecule has 0 radical (unpaired) electrons. The Kier molecular flexibility index (Phi) is 4.84. The van der Waals surface area contributed by atoms with Crippen molar-refractivity contribution in [2.24, 2.45) is 0 Å². The van der Waals surface area contributed by atoms with Crippen molar-refractivity contribution in [3.8, 4) is 0 Å². The lowest BCUT2D eigenvalue weighted by molar-refractivity contribution is -0.145. The lowest BCUT2D eigenvalue weighted by Crippen LogP contribution is -2.12. The summed E-state index contributed by atoms with van der Waals surface area (Å²) in [5.41, 5.74) is 2.50. The maximum atomic E-state index is 10.7. The van der Waals surface area contributed by atoms with Crippen LogP contribution in [0.2, 0.25) is 0 Å². The molecule has 1 rings (SSSR count). The number of rotatable bonds is 5. The fourth-order valence-electron chi connectivity index (χ4n) is 1.29. The summed E-state index contributed by atoms with van der Waals surface area (Å²) in [6.45, 7) is 2.64. The number of ether oxygens (including phenoxy) is 2. The molecule has 0 saturated carbocycles. The van der Waals surface area contributed by atoms with Gasteiger partial charge < -0.3 is 9.47 Å². The van der Waals surface area contributed by atoms with E-state index in [0.717, 1.165) is 6.42 Å². The molecule has 1 aromatic carbocycles. The summed E-state index contributed by atoms with van der Waals surface area (Å²) in [6.07, 6.45) is 0.823. The van der Waals surface area contributed by atoms with Gasteiger partial charge in [-0.3, -0.25) is 0 Å². The molecule has 0 aliphatic rings. The Bertz CT molecular complexity index is 320. The first-order valence-electron chi connectivity index (χ1n) is 4.93. The number of aryl methyl sites for hydroxylation is 1. The third-order valence-corrected chi connectivity index (χ3v) is 2.22. The van der Waals surface area contributed by atoms with Gasteiger partial charge in [0.25, 0.3) is 0 Å². The van der Waals surface area contributed by atoms with Gasteiger partial charge in [-0.1, -0.05) is 24.3 Å². The Morgan fingerprint density at radius 1 is 1.33 bits per heavy atom. The van der Waals surface area contributed by atoms with E-state index in [0.29, 0.717) is 6.61 Å². The highest BCUT2D eigenvalue weighted by molar-refractivity contribution is 5.70. The molecule has 3 heteroatoms. The Morgan fingerprint density at radius 3 is 2.73 bits per heavy atom. The van der Waals surface area contributed by atoms with Gasteiger partial charge >= 0.3 is 5.97 Å². The molecule has 0 unspecified atom stereocenters. The van der Waals surface area contributed by atoms with E-state index in [9.17, 15) is 4.79 Å². The molecule has 0 atom stereocenters. The van der Waals surface area contributed by atoms with E-state index in [1.54, 1.807) is 0 Å². The van der Waals surface area contributed by atoms with Crippen molar-refractivity contribution in [2.75, 3.05) is 20.3 Å². The van der Waals surface area contributed by atoms with Gasteiger partial charge in [-0.2, -0.15) is 0 Å². The molecule has 0 amide bonds. The summed E-state index contributed by atoms with van der Waals surface area (Å²) in [5.74, 6) is -0.334. The fourth-order valence-corrected chi connectivity index (χ4v) is 1.29. The molecule has 3 nitrogen and oxygen atoms in total. The number of hydrogen-bond acceptors (Lipinski definition) is 3. The van der Waals surface area contributed by atoms with Crippen molar-refractivity contribution < 1.29 is 14.3 Å². The van der Waals surface area contributed by atoms with Crippen LogP contribution in [0.25, 0.3) is 0 Å². The van der Waals surface area contributed by atoms with Crippen LogP contribution in [0.5, 0.6) is 0 Å². The van der Waals surface area contributed by atoms with E-state index in [4.69, 9.17) is 4.74 Å². The van der Waals surface area contributed by atoms with Crippen molar-refractivity contribution in [2.45, 2.75) is 13.3 Å². The SMILES string of the molecule is COC(=O)COCCc1ccccc1C. The van der Waals surface area contributed by atoms with E-state index >= 15 is 0 Å². The third-order valence-electron chi connectivity index (χ3n) is 2.22. The highest BCUT2D eigenvalue weighted by atomic mass is 16.6. The van der Waals surface area contributed by atoms with Gasteiger partial charge in [-0.05, 0) is 24.5 Å². The van der Waals surface area contributed by atoms with E-state index < -0.39 is 0 Å². The minimum Gasteiger partial charge on any atom is -0.467 e. The average Bonchev–Trinajstić information content (AvgIpc) is 2.26. The molecule has 1 aromatic rings. The van der Waals surface area contributed by atoms with Crippen molar-refractivity contribution in [1.82, 2.24) is 0 Å². The second-order valence-corrected chi connectivity index (χ2v) is 3.31. The lowest BCUT2D eigenvalue weighted by Gasteiger charge is -2.05. The zero-order chi connectivity index (χ0) is 11.1. The monoisotopic (exact) mass is 208 g/mol. The third kappa shape index (κ3) is 4.13. The van der Waals surface area contributed by atoms with Crippen LogP contribution in [-0.4, -0.2) is 26.3 Å². The van der Waals surface area contributed by atoms with E-state index in [1.165, 1.54) is 18.2 Å². The van der Waals surface area contributed by atoms with Gasteiger partial charge in [0.1, 0.15) is 6.61 Å². The molecule has 0 aromatic heterocycles. The number of esters is 1. The van der Waals surface area contributed by atoms with Crippen molar-refractivity contribution in [3.63, 3.8) is 0 Å². The van der Waals surface area contributed by atoms with Crippen LogP contribution in [0.4, 0.5) is 0 Å². The molecule has 0 fully saturated rings. The number of hydrogen-bond donors (Lipinski definition) is 0. The molecule has 0 aliphatic carbocycles. The summed E-state index contributed by atoms with van der Waals surface area (Å²) in [4.78, 5) is 10.7. The average molecular weight is 208 g/mol. The normalized spacial score (nSPS) is 10.0. The highest BCUT2D eigenvalue weighted by Crippen LogP contribution is 2.07.